The van der Waals surface area contributed by atoms with Gasteiger partial charge < -0.3 is 5.32 Å². The zero-order chi connectivity index (χ0) is 20.1. The van der Waals surface area contributed by atoms with Gasteiger partial charge in [0.25, 0.3) is 15.9 Å². The van der Waals surface area contributed by atoms with Crippen LogP contribution in [0.2, 0.25) is 0 Å². The van der Waals surface area contributed by atoms with Gasteiger partial charge in [0, 0.05) is 16.9 Å². The van der Waals surface area contributed by atoms with Crippen LogP contribution < -0.4 is 10.0 Å². The summed E-state index contributed by atoms with van der Waals surface area (Å²) in [5.74, 6) is -0.347. The lowest BCUT2D eigenvalue weighted by Crippen LogP contribution is -2.17. The third kappa shape index (κ3) is 4.40. The zero-order valence-corrected chi connectivity index (χ0v) is 16.6. The van der Waals surface area contributed by atoms with E-state index in [2.05, 4.69) is 10.0 Å². The van der Waals surface area contributed by atoms with Crippen molar-refractivity contribution in [2.45, 2.75) is 25.2 Å². The van der Waals surface area contributed by atoms with Crippen LogP contribution in [-0.4, -0.2) is 14.3 Å². The summed E-state index contributed by atoms with van der Waals surface area (Å²) in [5, 5.41) is 2.92. The van der Waals surface area contributed by atoms with Crippen LogP contribution in [-0.2, 0) is 16.4 Å². The summed E-state index contributed by atoms with van der Waals surface area (Å²) in [6.45, 7) is 3.95. The molecule has 0 bridgehead atoms. The van der Waals surface area contributed by atoms with Crippen molar-refractivity contribution < 1.29 is 13.2 Å². The highest BCUT2D eigenvalue weighted by atomic mass is 32.2. The molecule has 0 aromatic heterocycles. The molecule has 0 saturated heterocycles. The van der Waals surface area contributed by atoms with Gasteiger partial charge in [-0.05, 0) is 54.8 Å². The third-order valence-corrected chi connectivity index (χ3v) is 5.79. The molecule has 1 amide bonds. The molecular weight excluding hydrogens is 372 g/mol. The monoisotopic (exact) mass is 394 g/mol. The molecular formula is C22H22N2O3S. The van der Waals surface area contributed by atoms with Crippen LogP contribution in [0.25, 0.3) is 0 Å². The Labute approximate surface area is 165 Å². The molecule has 0 fully saturated rings. The summed E-state index contributed by atoms with van der Waals surface area (Å²) in [5.41, 5.74) is 3.50. The molecule has 0 aliphatic rings. The van der Waals surface area contributed by atoms with Crippen molar-refractivity contribution in [1.82, 2.24) is 0 Å². The maximum atomic E-state index is 12.7. The second kappa shape index (κ2) is 8.27. The second-order valence-corrected chi connectivity index (χ2v) is 8.10. The summed E-state index contributed by atoms with van der Waals surface area (Å²) in [7, 11) is -3.79. The number of hydrogen-bond acceptors (Lipinski definition) is 3. The lowest BCUT2D eigenvalue weighted by molar-refractivity contribution is 0.102. The number of anilines is 2. The lowest BCUT2D eigenvalue weighted by Gasteiger charge is -2.14. The quantitative estimate of drug-likeness (QED) is 0.641. The minimum Gasteiger partial charge on any atom is -0.321 e. The first-order valence-electron chi connectivity index (χ1n) is 8.98. The Morgan fingerprint density at radius 3 is 2.36 bits per heavy atom. The lowest BCUT2D eigenvalue weighted by atomic mass is 10.1. The third-order valence-electron chi connectivity index (χ3n) is 4.41. The molecule has 144 valence electrons. The number of carbonyl (C=O) groups is 1. The predicted octanol–water partition coefficient (Wildman–Crippen LogP) is 4.61. The summed E-state index contributed by atoms with van der Waals surface area (Å²) >= 11 is 0. The van der Waals surface area contributed by atoms with Crippen LogP contribution in [0.15, 0.2) is 77.7 Å². The number of amides is 1. The molecule has 28 heavy (non-hydrogen) atoms. The van der Waals surface area contributed by atoms with Gasteiger partial charge in [0.15, 0.2) is 0 Å². The van der Waals surface area contributed by atoms with Crippen LogP contribution in [0.1, 0.15) is 28.4 Å². The number of nitrogens with one attached hydrogen (secondary N) is 2. The van der Waals surface area contributed by atoms with E-state index < -0.39 is 10.0 Å². The number of carbonyl (C=O) groups excluding carboxylic acids is 1. The van der Waals surface area contributed by atoms with Gasteiger partial charge >= 0.3 is 0 Å². The largest absolute Gasteiger partial charge is 0.321 e. The Bertz CT molecular complexity index is 1090. The topological polar surface area (TPSA) is 75.3 Å². The molecule has 0 heterocycles. The standard InChI is InChI=1S/C22H22N2O3S/c1-3-17-10-7-9-16(2)21(17)23-22(25)18-11-8-14-20(15-18)28(26,27)24-19-12-5-4-6-13-19/h4-15,24H,3H2,1-2H3,(H,23,25). The van der Waals surface area contributed by atoms with E-state index in [1.54, 1.807) is 42.5 Å². The SMILES string of the molecule is CCc1cccc(C)c1NC(=O)c1cccc(S(=O)(=O)Nc2ccccc2)c1. The van der Waals surface area contributed by atoms with Crippen molar-refractivity contribution in [2.75, 3.05) is 10.0 Å². The van der Waals surface area contributed by atoms with Gasteiger partial charge in [-0.1, -0.05) is 49.4 Å². The van der Waals surface area contributed by atoms with Crippen molar-refractivity contribution in [1.29, 1.82) is 0 Å². The van der Waals surface area contributed by atoms with Crippen LogP contribution in [0, 0.1) is 6.92 Å². The smallest absolute Gasteiger partial charge is 0.261 e. The first kappa shape index (κ1) is 19.6. The second-order valence-electron chi connectivity index (χ2n) is 6.42. The first-order valence-corrected chi connectivity index (χ1v) is 10.5. The van der Waals surface area contributed by atoms with E-state index in [1.165, 1.54) is 12.1 Å². The van der Waals surface area contributed by atoms with E-state index in [4.69, 9.17) is 0 Å². The highest BCUT2D eigenvalue weighted by Crippen LogP contribution is 2.23. The average molecular weight is 394 g/mol. The predicted molar refractivity (Wildman–Crippen MR) is 112 cm³/mol. The van der Waals surface area contributed by atoms with Gasteiger partial charge in [-0.2, -0.15) is 0 Å². The Hall–Kier alpha value is -3.12. The van der Waals surface area contributed by atoms with E-state index >= 15 is 0 Å². The molecule has 3 aromatic carbocycles. The summed E-state index contributed by atoms with van der Waals surface area (Å²) in [6, 6.07) is 20.5. The highest BCUT2D eigenvalue weighted by molar-refractivity contribution is 7.92. The molecule has 2 N–H and O–H groups in total. The minimum atomic E-state index is -3.79. The van der Waals surface area contributed by atoms with Gasteiger partial charge in [0.2, 0.25) is 0 Å². The Morgan fingerprint density at radius 1 is 0.929 bits per heavy atom. The average Bonchev–Trinajstić information content (AvgIpc) is 2.70. The Kier molecular flexibility index (Phi) is 5.80. The van der Waals surface area contributed by atoms with Crippen LogP contribution in [0.3, 0.4) is 0 Å². The number of sulfonamides is 1. The van der Waals surface area contributed by atoms with Crippen molar-refractivity contribution in [2.24, 2.45) is 0 Å². The van der Waals surface area contributed by atoms with Crippen molar-refractivity contribution in [3.8, 4) is 0 Å². The van der Waals surface area contributed by atoms with E-state index in [9.17, 15) is 13.2 Å². The van der Waals surface area contributed by atoms with E-state index in [-0.39, 0.29) is 16.4 Å². The first-order chi connectivity index (χ1) is 13.4. The molecule has 3 rings (SSSR count). The normalized spacial score (nSPS) is 11.1. The number of hydrogen-bond donors (Lipinski definition) is 2. The molecule has 0 saturated carbocycles. The van der Waals surface area contributed by atoms with E-state index in [1.807, 2.05) is 32.0 Å². The van der Waals surface area contributed by atoms with Crippen molar-refractivity contribution >= 4 is 27.3 Å². The van der Waals surface area contributed by atoms with Gasteiger partial charge in [-0.25, -0.2) is 8.42 Å². The van der Waals surface area contributed by atoms with E-state index in [0.717, 1.165) is 23.2 Å². The highest BCUT2D eigenvalue weighted by Gasteiger charge is 2.17. The molecule has 0 unspecified atom stereocenters. The van der Waals surface area contributed by atoms with Crippen molar-refractivity contribution in [3.05, 3.63) is 89.5 Å². The van der Waals surface area contributed by atoms with Crippen LogP contribution >= 0.6 is 0 Å². The molecule has 5 nitrogen and oxygen atoms in total. The molecule has 3 aromatic rings. The zero-order valence-electron chi connectivity index (χ0n) is 15.8. The molecule has 0 radical (unpaired) electrons. The molecule has 0 aliphatic heterocycles. The van der Waals surface area contributed by atoms with Crippen molar-refractivity contribution in [3.63, 3.8) is 0 Å². The molecule has 6 heteroatoms. The van der Waals surface area contributed by atoms with E-state index in [0.29, 0.717) is 5.69 Å². The number of benzene rings is 3. The Balaban J connectivity index is 1.86. The minimum absolute atomic E-state index is 0.0319. The fraction of sp³-hybridized carbons (Fsp3) is 0.136. The van der Waals surface area contributed by atoms with Crippen LogP contribution in [0.4, 0.5) is 11.4 Å². The maximum absolute atomic E-state index is 12.7. The maximum Gasteiger partial charge on any atom is 0.261 e. The van der Waals surface area contributed by atoms with Crippen LogP contribution in [0.5, 0.6) is 0 Å². The number of aryl methyl sites for hydroxylation is 2. The van der Waals surface area contributed by atoms with Gasteiger partial charge in [-0.3, -0.25) is 9.52 Å². The number of rotatable bonds is 6. The van der Waals surface area contributed by atoms with Gasteiger partial charge in [0.1, 0.15) is 0 Å². The van der Waals surface area contributed by atoms with Gasteiger partial charge in [0.05, 0.1) is 4.90 Å². The molecule has 0 aliphatic carbocycles. The molecule has 0 spiro atoms. The summed E-state index contributed by atoms with van der Waals surface area (Å²) in [4.78, 5) is 12.8. The number of para-hydroxylation sites is 2. The summed E-state index contributed by atoms with van der Waals surface area (Å²) in [6.07, 6.45) is 0.784. The fourth-order valence-electron chi connectivity index (χ4n) is 2.91. The fourth-order valence-corrected chi connectivity index (χ4v) is 4.02. The Morgan fingerprint density at radius 2 is 1.64 bits per heavy atom. The molecule has 0 atom stereocenters. The summed E-state index contributed by atoms with van der Waals surface area (Å²) < 4.78 is 27.8. The van der Waals surface area contributed by atoms with Gasteiger partial charge in [-0.15, -0.1) is 0 Å².